The number of benzene rings is 2. The molecule has 0 bridgehead atoms. The van der Waals surface area contributed by atoms with Gasteiger partial charge in [-0.25, -0.2) is 9.78 Å². The van der Waals surface area contributed by atoms with Crippen molar-refractivity contribution in [2.24, 2.45) is 0 Å². The molecule has 0 aliphatic heterocycles. The first-order chi connectivity index (χ1) is 15.0. The zero-order valence-electron chi connectivity index (χ0n) is 17.6. The highest BCUT2D eigenvalue weighted by Gasteiger charge is 2.17. The Morgan fingerprint density at radius 1 is 1.06 bits per heavy atom. The predicted molar refractivity (Wildman–Crippen MR) is 125 cm³/mol. The highest BCUT2D eigenvalue weighted by molar-refractivity contribution is 7.13. The molecule has 0 unspecified atom stereocenters. The lowest BCUT2D eigenvalue weighted by molar-refractivity contribution is 0.0526. The highest BCUT2D eigenvalue weighted by Crippen LogP contribution is 2.30. The lowest BCUT2D eigenvalue weighted by atomic mass is 10.0. The largest absolute Gasteiger partial charge is 0.462 e. The molecule has 4 aromatic rings. The lowest BCUT2D eigenvalue weighted by Crippen LogP contribution is -2.13. The molecule has 0 atom stereocenters. The molecule has 0 aliphatic rings. The molecule has 31 heavy (non-hydrogen) atoms. The van der Waals surface area contributed by atoms with Gasteiger partial charge in [0, 0.05) is 11.1 Å². The average molecular weight is 431 g/mol. The highest BCUT2D eigenvalue weighted by atomic mass is 32.1. The second-order valence-electron chi connectivity index (χ2n) is 7.26. The van der Waals surface area contributed by atoms with Crippen molar-refractivity contribution in [1.82, 2.24) is 4.98 Å². The number of amides is 1. The van der Waals surface area contributed by atoms with E-state index in [9.17, 15) is 9.59 Å². The Labute approximate surface area is 184 Å². The van der Waals surface area contributed by atoms with Crippen LogP contribution in [0.1, 0.15) is 38.8 Å². The van der Waals surface area contributed by atoms with Gasteiger partial charge < -0.3 is 10.1 Å². The van der Waals surface area contributed by atoms with Crippen LogP contribution >= 0.6 is 11.3 Å². The number of nitrogens with zero attached hydrogens (tertiary/aromatic N) is 1. The van der Waals surface area contributed by atoms with Crippen LogP contribution in [0, 0.1) is 13.8 Å². The molecule has 5 nitrogen and oxygen atoms in total. The second-order valence-corrected chi connectivity index (χ2v) is 8.21. The SMILES string of the molecule is CCOC(=O)c1ccc(NC(=O)c2cc(-c3cccs3)nc3c(C)cc(C)cc23)cc1. The smallest absolute Gasteiger partial charge is 0.338 e. The third-order valence-corrected chi connectivity index (χ3v) is 5.81. The van der Waals surface area contributed by atoms with Crippen molar-refractivity contribution in [3.05, 3.63) is 82.2 Å². The zero-order valence-corrected chi connectivity index (χ0v) is 18.4. The van der Waals surface area contributed by atoms with Gasteiger partial charge in [-0.2, -0.15) is 0 Å². The number of ether oxygens (including phenoxy) is 1. The fourth-order valence-electron chi connectivity index (χ4n) is 3.52. The van der Waals surface area contributed by atoms with E-state index in [0.29, 0.717) is 23.4 Å². The molecular formula is C25H22N2O3S. The summed E-state index contributed by atoms with van der Waals surface area (Å²) in [6.07, 6.45) is 0. The average Bonchev–Trinajstić information content (AvgIpc) is 3.29. The maximum absolute atomic E-state index is 13.3. The molecule has 0 aliphatic carbocycles. The number of carbonyl (C=O) groups is 2. The molecule has 0 spiro atoms. The molecule has 1 N–H and O–H groups in total. The van der Waals surface area contributed by atoms with Crippen LogP contribution in [-0.2, 0) is 4.74 Å². The Bertz CT molecular complexity index is 1260. The van der Waals surface area contributed by atoms with Crippen LogP contribution in [0.5, 0.6) is 0 Å². The Balaban J connectivity index is 1.72. The summed E-state index contributed by atoms with van der Waals surface area (Å²) in [5, 5.41) is 5.76. The van der Waals surface area contributed by atoms with Crippen molar-refractivity contribution < 1.29 is 14.3 Å². The van der Waals surface area contributed by atoms with Crippen molar-refractivity contribution in [2.45, 2.75) is 20.8 Å². The Morgan fingerprint density at radius 3 is 2.52 bits per heavy atom. The Morgan fingerprint density at radius 2 is 1.84 bits per heavy atom. The lowest BCUT2D eigenvalue weighted by Gasteiger charge is -2.12. The summed E-state index contributed by atoms with van der Waals surface area (Å²) in [6.45, 7) is 6.10. The third-order valence-electron chi connectivity index (χ3n) is 4.92. The van der Waals surface area contributed by atoms with Crippen molar-refractivity contribution in [3.8, 4) is 10.6 Å². The Hall–Kier alpha value is -3.51. The minimum absolute atomic E-state index is 0.223. The number of anilines is 1. The molecule has 0 saturated carbocycles. The van der Waals surface area contributed by atoms with Crippen molar-refractivity contribution in [2.75, 3.05) is 11.9 Å². The molecule has 2 aromatic carbocycles. The van der Waals surface area contributed by atoms with Crippen LogP contribution in [-0.4, -0.2) is 23.5 Å². The van der Waals surface area contributed by atoms with Crippen LogP contribution in [0.2, 0.25) is 0 Å². The molecule has 4 rings (SSSR count). The quantitative estimate of drug-likeness (QED) is 0.394. The summed E-state index contributed by atoms with van der Waals surface area (Å²) in [5.74, 6) is -0.605. The van der Waals surface area contributed by atoms with Gasteiger partial charge in [0.05, 0.1) is 33.8 Å². The first kappa shape index (κ1) is 20.8. The maximum Gasteiger partial charge on any atom is 0.338 e. The Kier molecular flexibility index (Phi) is 5.82. The van der Waals surface area contributed by atoms with E-state index in [4.69, 9.17) is 9.72 Å². The monoisotopic (exact) mass is 430 g/mol. The van der Waals surface area contributed by atoms with Crippen LogP contribution < -0.4 is 5.32 Å². The maximum atomic E-state index is 13.3. The van der Waals surface area contributed by atoms with E-state index in [1.807, 2.05) is 43.5 Å². The first-order valence-electron chi connectivity index (χ1n) is 10.0. The number of carbonyl (C=O) groups excluding carboxylic acids is 2. The fraction of sp³-hybridized carbons (Fsp3) is 0.160. The van der Waals surface area contributed by atoms with E-state index in [2.05, 4.69) is 11.4 Å². The van der Waals surface area contributed by atoms with Gasteiger partial charge in [0.2, 0.25) is 0 Å². The van der Waals surface area contributed by atoms with Crippen molar-refractivity contribution >= 4 is 39.8 Å². The zero-order chi connectivity index (χ0) is 22.0. The van der Waals surface area contributed by atoms with Gasteiger partial charge in [-0.15, -0.1) is 11.3 Å². The number of esters is 1. The molecule has 0 radical (unpaired) electrons. The summed E-state index contributed by atoms with van der Waals surface area (Å²) in [5.41, 5.74) is 5.31. The summed E-state index contributed by atoms with van der Waals surface area (Å²) >= 11 is 1.59. The third kappa shape index (κ3) is 4.34. The van der Waals surface area contributed by atoms with Crippen LogP contribution in [0.15, 0.2) is 60.0 Å². The predicted octanol–water partition coefficient (Wildman–Crippen LogP) is 6.01. The van der Waals surface area contributed by atoms with Crippen LogP contribution in [0.25, 0.3) is 21.5 Å². The van der Waals surface area contributed by atoms with E-state index in [0.717, 1.165) is 32.6 Å². The number of aryl methyl sites for hydroxylation is 2. The standard InChI is InChI=1S/C25H22N2O3S/c1-4-30-25(29)17-7-9-18(10-8-17)26-24(28)20-14-21(22-6-5-11-31-22)27-23-16(3)12-15(2)13-19(20)23/h5-14H,4H2,1-3H3,(H,26,28). The van der Waals surface area contributed by atoms with Gasteiger partial charge in [0.15, 0.2) is 0 Å². The summed E-state index contributed by atoms with van der Waals surface area (Å²) < 4.78 is 5.01. The topological polar surface area (TPSA) is 68.3 Å². The van der Waals surface area contributed by atoms with E-state index in [1.54, 1.807) is 42.5 Å². The number of pyridine rings is 1. The molecule has 2 heterocycles. The fourth-order valence-corrected chi connectivity index (χ4v) is 4.21. The minimum Gasteiger partial charge on any atom is -0.462 e. The van der Waals surface area contributed by atoms with Gasteiger partial charge in [-0.3, -0.25) is 4.79 Å². The summed E-state index contributed by atoms with van der Waals surface area (Å²) in [4.78, 5) is 31.0. The molecule has 6 heteroatoms. The number of hydrogen-bond acceptors (Lipinski definition) is 5. The molecule has 0 fully saturated rings. The number of hydrogen-bond donors (Lipinski definition) is 1. The van der Waals surface area contributed by atoms with Gasteiger partial charge in [0.25, 0.3) is 5.91 Å². The first-order valence-corrected chi connectivity index (χ1v) is 10.9. The van der Waals surface area contributed by atoms with E-state index in [1.165, 1.54) is 0 Å². The number of aromatic nitrogens is 1. The second kappa shape index (κ2) is 8.70. The number of fused-ring (bicyclic) bond motifs is 1. The van der Waals surface area contributed by atoms with E-state index < -0.39 is 0 Å². The van der Waals surface area contributed by atoms with Gasteiger partial charge >= 0.3 is 5.97 Å². The van der Waals surface area contributed by atoms with Crippen molar-refractivity contribution in [1.29, 1.82) is 0 Å². The van der Waals surface area contributed by atoms with E-state index >= 15 is 0 Å². The van der Waals surface area contributed by atoms with Gasteiger partial charge in [-0.05, 0) is 74.2 Å². The molecule has 1 amide bonds. The number of rotatable bonds is 5. The molecule has 2 aromatic heterocycles. The molecule has 156 valence electrons. The normalized spacial score (nSPS) is 10.8. The number of nitrogens with one attached hydrogen (secondary N) is 1. The van der Waals surface area contributed by atoms with Crippen LogP contribution in [0.4, 0.5) is 5.69 Å². The summed E-state index contributed by atoms with van der Waals surface area (Å²) in [6, 6.07) is 16.6. The van der Waals surface area contributed by atoms with Gasteiger partial charge in [-0.1, -0.05) is 17.7 Å². The van der Waals surface area contributed by atoms with Crippen molar-refractivity contribution in [3.63, 3.8) is 0 Å². The minimum atomic E-state index is -0.382. The number of thiophene rings is 1. The molecule has 0 saturated heterocycles. The summed E-state index contributed by atoms with van der Waals surface area (Å²) in [7, 11) is 0. The van der Waals surface area contributed by atoms with Crippen LogP contribution in [0.3, 0.4) is 0 Å². The van der Waals surface area contributed by atoms with E-state index in [-0.39, 0.29) is 11.9 Å². The molecular weight excluding hydrogens is 408 g/mol. The van der Waals surface area contributed by atoms with Gasteiger partial charge in [0.1, 0.15) is 0 Å².